The minimum atomic E-state index is 0. The Labute approximate surface area is 232 Å². The summed E-state index contributed by atoms with van der Waals surface area (Å²) in [5.41, 5.74) is 9.30. The molecule has 0 amide bonds. The van der Waals surface area contributed by atoms with Crippen molar-refractivity contribution in [1.29, 1.82) is 0 Å². The Bertz CT molecular complexity index is 1600. The van der Waals surface area contributed by atoms with Crippen molar-refractivity contribution in [2.24, 2.45) is 0 Å². The number of aryl methyl sites for hydroxylation is 2. The van der Waals surface area contributed by atoms with Gasteiger partial charge in [0.25, 0.3) is 0 Å². The monoisotopic (exact) mass is 661 g/mol. The average Bonchev–Trinajstić information content (AvgIpc) is 3.28. The number of fused-ring (bicyclic) bond motifs is 3. The van der Waals surface area contributed by atoms with Crippen LogP contribution in [0, 0.1) is 26.0 Å². The van der Waals surface area contributed by atoms with Gasteiger partial charge in [-0.3, -0.25) is 0 Å². The summed E-state index contributed by atoms with van der Waals surface area (Å²) in [5.74, 6) is 0.552. The van der Waals surface area contributed by atoms with Crippen LogP contribution in [0.4, 0.5) is 0 Å². The first-order valence-electron chi connectivity index (χ1n) is 12.2. The van der Waals surface area contributed by atoms with Crippen LogP contribution < -0.4 is 0 Å². The first-order valence-corrected chi connectivity index (χ1v) is 12.2. The molecule has 0 atom stereocenters. The molecule has 0 aliphatic heterocycles. The molecule has 3 aromatic heterocycles. The molecule has 3 aromatic carbocycles. The van der Waals surface area contributed by atoms with Crippen LogP contribution in [0.1, 0.15) is 36.5 Å². The van der Waals surface area contributed by atoms with Crippen molar-refractivity contribution in [2.45, 2.75) is 33.6 Å². The summed E-state index contributed by atoms with van der Waals surface area (Å²) in [7, 11) is 0. The fourth-order valence-electron chi connectivity index (χ4n) is 4.13. The van der Waals surface area contributed by atoms with Gasteiger partial charge in [0, 0.05) is 37.9 Å². The fraction of sp³-hybridized carbons (Fsp3) is 0.152. The van der Waals surface area contributed by atoms with Crippen molar-refractivity contribution >= 4 is 21.9 Å². The van der Waals surface area contributed by atoms with Crippen LogP contribution in [-0.4, -0.2) is 9.97 Å². The standard InChI is InChI=1S/C18H12NO.C15H16N.Ir/c1-12-8-9-13-14-5-4-6-15(16-7-2-3-10-19-16)18(14)20-17(13)11-12;1-11(2)13-5-7-14(8-6-13)15-9-4-12(3)10-16-15;/h2-5,7-11H,1H3;4-7,9-11H,1-3H3;/q2*-1;. The Morgan fingerprint density at radius 3 is 2.30 bits per heavy atom. The van der Waals surface area contributed by atoms with Crippen LogP contribution in [0.3, 0.4) is 0 Å². The number of hydrogen-bond donors (Lipinski definition) is 0. The SMILES string of the molecule is Cc1ccc(-c2[c-]cc(C(C)C)cc2)nc1.Cc1ccc2c(c1)oc1c(-c3ccccn3)[c-]ccc12.[Ir]. The van der Waals surface area contributed by atoms with Crippen LogP contribution in [0.15, 0.2) is 95.7 Å². The molecule has 0 aliphatic rings. The van der Waals surface area contributed by atoms with Crippen molar-refractivity contribution in [3.05, 3.63) is 120 Å². The van der Waals surface area contributed by atoms with Crippen molar-refractivity contribution in [1.82, 2.24) is 9.97 Å². The number of aromatic nitrogens is 2. The number of rotatable bonds is 3. The Kier molecular flexibility index (Phi) is 8.33. The molecule has 0 bridgehead atoms. The molecule has 37 heavy (non-hydrogen) atoms. The minimum absolute atomic E-state index is 0. The second-order valence-corrected chi connectivity index (χ2v) is 9.32. The number of furan rings is 1. The van der Waals surface area contributed by atoms with Crippen LogP contribution in [0.2, 0.25) is 0 Å². The molecule has 3 nitrogen and oxygen atoms in total. The Hall–Kier alpha value is -3.59. The Morgan fingerprint density at radius 1 is 0.784 bits per heavy atom. The zero-order valence-corrected chi connectivity index (χ0v) is 23.8. The molecule has 0 saturated heterocycles. The van der Waals surface area contributed by atoms with Crippen molar-refractivity contribution in [3.63, 3.8) is 0 Å². The average molecular weight is 661 g/mol. The molecule has 187 valence electrons. The summed E-state index contributed by atoms with van der Waals surface area (Å²) >= 11 is 0. The van der Waals surface area contributed by atoms with Gasteiger partial charge in [-0.05, 0) is 48.5 Å². The van der Waals surface area contributed by atoms with Gasteiger partial charge in [0.1, 0.15) is 5.58 Å². The first kappa shape index (κ1) is 26.5. The second kappa shape index (κ2) is 11.6. The van der Waals surface area contributed by atoms with E-state index in [0.29, 0.717) is 5.92 Å². The van der Waals surface area contributed by atoms with Crippen LogP contribution in [0.5, 0.6) is 0 Å². The second-order valence-electron chi connectivity index (χ2n) is 9.32. The molecule has 0 unspecified atom stereocenters. The minimum Gasteiger partial charge on any atom is -0.501 e. The summed E-state index contributed by atoms with van der Waals surface area (Å²) < 4.78 is 6.05. The van der Waals surface area contributed by atoms with Gasteiger partial charge in [0.05, 0.1) is 5.58 Å². The molecule has 3 heterocycles. The van der Waals surface area contributed by atoms with Crippen molar-refractivity contribution < 1.29 is 24.5 Å². The summed E-state index contributed by atoms with van der Waals surface area (Å²) in [4.78, 5) is 8.79. The van der Waals surface area contributed by atoms with Gasteiger partial charge < -0.3 is 14.4 Å². The first-order chi connectivity index (χ1) is 17.5. The quantitative estimate of drug-likeness (QED) is 0.178. The van der Waals surface area contributed by atoms with E-state index < -0.39 is 0 Å². The molecule has 0 saturated carbocycles. The van der Waals surface area contributed by atoms with Gasteiger partial charge in [-0.15, -0.1) is 53.6 Å². The maximum Gasteiger partial charge on any atom is 0.121 e. The third-order valence-electron chi connectivity index (χ3n) is 6.20. The number of pyridine rings is 2. The molecule has 1 radical (unpaired) electrons. The summed E-state index contributed by atoms with van der Waals surface area (Å²) in [5, 5.41) is 2.25. The summed E-state index contributed by atoms with van der Waals surface area (Å²) in [6.07, 6.45) is 3.67. The Balaban J connectivity index is 0.000000173. The van der Waals surface area contributed by atoms with Crippen LogP contribution in [0.25, 0.3) is 44.5 Å². The van der Waals surface area contributed by atoms with E-state index in [4.69, 9.17) is 4.42 Å². The molecule has 6 rings (SSSR count). The van der Waals surface area contributed by atoms with E-state index >= 15 is 0 Å². The van der Waals surface area contributed by atoms with Gasteiger partial charge in [-0.2, -0.15) is 0 Å². The molecule has 4 heteroatoms. The van der Waals surface area contributed by atoms with E-state index in [-0.39, 0.29) is 20.1 Å². The van der Waals surface area contributed by atoms with E-state index in [0.717, 1.165) is 44.5 Å². The van der Waals surface area contributed by atoms with Gasteiger partial charge >= 0.3 is 0 Å². The third kappa shape index (κ3) is 5.88. The van der Waals surface area contributed by atoms with Crippen LogP contribution in [-0.2, 0) is 20.1 Å². The van der Waals surface area contributed by atoms with Crippen molar-refractivity contribution in [3.8, 4) is 22.5 Å². The van der Waals surface area contributed by atoms with Crippen molar-refractivity contribution in [2.75, 3.05) is 0 Å². The van der Waals surface area contributed by atoms with E-state index in [1.165, 1.54) is 16.7 Å². The molecular weight excluding hydrogens is 633 g/mol. The van der Waals surface area contributed by atoms with E-state index in [2.05, 4.69) is 85.3 Å². The predicted octanol–water partition coefficient (Wildman–Crippen LogP) is 8.73. The third-order valence-corrected chi connectivity index (χ3v) is 6.20. The van der Waals surface area contributed by atoms with Gasteiger partial charge in [0.15, 0.2) is 0 Å². The molecule has 0 N–H and O–H groups in total. The summed E-state index contributed by atoms with van der Waals surface area (Å²) in [6, 6.07) is 33.1. The zero-order chi connectivity index (χ0) is 25.1. The number of hydrogen-bond acceptors (Lipinski definition) is 3. The topological polar surface area (TPSA) is 38.9 Å². The molecular formula is C33H28IrN2O-2. The maximum atomic E-state index is 6.05. The van der Waals surface area contributed by atoms with Crippen LogP contribution >= 0.6 is 0 Å². The smallest absolute Gasteiger partial charge is 0.121 e. The van der Waals surface area contributed by atoms with E-state index in [1.807, 2.05) is 49.5 Å². The molecule has 0 fully saturated rings. The number of nitrogens with zero attached hydrogens (tertiary/aromatic N) is 2. The predicted molar refractivity (Wildman–Crippen MR) is 148 cm³/mol. The van der Waals surface area contributed by atoms with Gasteiger partial charge in [0.2, 0.25) is 0 Å². The van der Waals surface area contributed by atoms with Gasteiger partial charge in [-0.1, -0.05) is 67.1 Å². The summed E-state index contributed by atoms with van der Waals surface area (Å²) in [6.45, 7) is 8.49. The molecule has 0 spiro atoms. The maximum absolute atomic E-state index is 6.05. The van der Waals surface area contributed by atoms with E-state index in [9.17, 15) is 0 Å². The number of benzene rings is 3. The zero-order valence-electron chi connectivity index (χ0n) is 21.4. The molecule has 0 aliphatic carbocycles. The molecule has 6 aromatic rings. The van der Waals surface area contributed by atoms with Gasteiger partial charge in [-0.25, -0.2) is 0 Å². The normalized spacial score (nSPS) is 10.7. The van der Waals surface area contributed by atoms with E-state index in [1.54, 1.807) is 6.20 Å². The Morgan fingerprint density at radius 2 is 1.62 bits per heavy atom. The largest absolute Gasteiger partial charge is 0.501 e. The fourth-order valence-corrected chi connectivity index (χ4v) is 4.13.